The fourth-order valence-corrected chi connectivity index (χ4v) is 6.18. The molecule has 1 amide bonds. The zero-order chi connectivity index (χ0) is 27.3. The maximum absolute atomic E-state index is 13.2. The second-order valence-corrected chi connectivity index (χ2v) is 11.2. The Bertz CT molecular complexity index is 1270. The predicted octanol–water partition coefficient (Wildman–Crippen LogP) is 4.81. The number of nitrogens with zero attached hydrogens (tertiary/aromatic N) is 2. The first-order chi connectivity index (χ1) is 19.6. The lowest BCUT2D eigenvalue weighted by Gasteiger charge is -2.44. The van der Waals surface area contributed by atoms with Crippen molar-refractivity contribution in [2.24, 2.45) is 0 Å². The van der Waals surface area contributed by atoms with Crippen LogP contribution in [0.1, 0.15) is 37.4 Å². The van der Waals surface area contributed by atoms with E-state index in [2.05, 4.69) is 35.2 Å². The number of para-hydroxylation sites is 1. The second-order valence-electron chi connectivity index (χ2n) is 11.2. The molecule has 0 saturated carbocycles. The van der Waals surface area contributed by atoms with Crippen LogP contribution in [0.15, 0.2) is 78.9 Å². The molecular formula is C33H40N2O5. The van der Waals surface area contributed by atoms with Gasteiger partial charge in [-0.1, -0.05) is 54.6 Å². The van der Waals surface area contributed by atoms with E-state index in [1.807, 2.05) is 53.4 Å². The SMILES string of the molecule is O=C(C[C@H]1CC[C@@H]2[C@H](COC[C@@H](O)CN2Cc2ccc(Oc3ccccc3)cc2)O1)N1CCc2ccccc2C1.[HH]. The Balaban J connectivity index is 0.00000337. The number of amides is 1. The van der Waals surface area contributed by atoms with Gasteiger partial charge in [-0.15, -0.1) is 0 Å². The number of carbonyl (C=O) groups excluding carboxylic acids is 1. The smallest absolute Gasteiger partial charge is 0.225 e. The molecule has 7 nitrogen and oxygen atoms in total. The van der Waals surface area contributed by atoms with Crippen molar-refractivity contribution in [3.63, 3.8) is 0 Å². The van der Waals surface area contributed by atoms with E-state index in [-0.39, 0.29) is 32.2 Å². The van der Waals surface area contributed by atoms with E-state index in [1.165, 1.54) is 11.1 Å². The van der Waals surface area contributed by atoms with Crippen LogP contribution in [-0.4, -0.2) is 71.5 Å². The lowest BCUT2D eigenvalue weighted by Crippen LogP contribution is -2.55. The molecule has 212 valence electrons. The van der Waals surface area contributed by atoms with Gasteiger partial charge in [-0.2, -0.15) is 0 Å². The molecule has 4 atom stereocenters. The molecule has 0 unspecified atom stereocenters. The molecule has 0 bridgehead atoms. The van der Waals surface area contributed by atoms with E-state index >= 15 is 0 Å². The zero-order valence-corrected chi connectivity index (χ0v) is 22.9. The first-order valence-electron chi connectivity index (χ1n) is 14.4. The zero-order valence-electron chi connectivity index (χ0n) is 22.9. The Morgan fingerprint density at radius 1 is 0.925 bits per heavy atom. The second kappa shape index (κ2) is 12.5. The van der Waals surface area contributed by atoms with E-state index in [1.54, 1.807) is 0 Å². The van der Waals surface area contributed by atoms with Gasteiger partial charge in [0.25, 0.3) is 0 Å². The molecule has 2 saturated heterocycles. The van der Waals surface area contributed by atoms with Crippen LogP contribution in [0, 0.1) is 0 Å². The van der Waals surface area contributed by atoms with E-state index in [0.717, 1.165) is 42.9 Å². The van der Waals surface area contributed by atoms with Crippen LogP contribution >= 0.6 is 0 Å². The summed E-state index contributed by atoms with van der Waals surface area (Å²) in [5.74, 6) is 1.76. The number of carbonyl (C=O) groups is 1. The molecule has 3 aliphatic heterocycles. The average Bonchev–Trinajstić information content (AvgIpc) is 2.97. The summed E-state index contributed by atoms with van der Waals surface area (Å²) in [6.07, 6.45) is 2.21. The molecule has 40 heavy (non-hydrogen) atoms. The highest BCUT2D eigenvalue weighted by molar-refractivity contribution is 5.77. The van der Waals surface area contributed by atoms with Gasteiger partial charge < -0.3 is 24.2 Å². The van der Waals surface area contributed by atoms with Crippen molar-refractivity contribution in [1.82, 2.24) is 9.80 Å². The maximum atomic E-state index is 13.2. The molecule has 3 heterocycles. The van der Waals surface area contributed by atoms with Gasteiger partial charge in [0.15, 0.2) is 0 Å². The Morgan fingerprint density at radius 2 is 1.68 bits per heavy atom. The third kappa shape index (κ3) is 6.56. The minimum Gasteiger partial charge on any atom is -0.457 e. The third-order valence-corrected chi connectivity index (χ3v) is 8.26. The van der Waals surface area contributed by atoms with Gasteiger partial charge in [-0.25, -0.2) is 0 Å². The number of aliphatic hydroxyl groups excluding tert-OH is 1. The predicted molar refractivity (Wildman–Crippen MR) is 154 cm³/mol. The number of fused-ring (bicyclic) bond motifs is 2. The van der Waals surface area contributed by atoms with E-state index in [4.69, 9.17) is 14.2 Å². The van der Waals surface area contributed by atoms with Crippen molar-refractivity contribution in [1.29, 1.82) is 0 Å². The molecule has 3 aromatic carbocycles. The Labute approximate surface area is 237 Å². The molecule has 0 aliphatic carbocycles. The molecule has 6 rings (SSSR count). The molecule has 0 radical (unpaired) electrons. The normalized spacial score (nSPS) is 25.3. The molecule has 0 spiro atoms. The summed E-state index contributed by atoms with van der Waals surface area (Å²) in [5.41, 5.74) is 3.74. The van der Waals surface area contributed by atoms with Crippen molar-refractivity contribution < 1.29 is 25.5 Å². The standard InChI is InChI=1S/C33H38N2O5.H2/c36-27-21-35(19-24-10-12-29(13-11-24)39-28-8-2-1-3-9-28)31-15-14-30(40-32(31)23-38-22-27)18-33(37)34-17-16-25-6-4-5-7-26(25)20-34;/h1-13,27,30-32,36H,14-23H2;1H/t27-,30+,31+,32-;/m0./s1. The molecule has 3 aromatic rings. The summed E-state index contributed by atoms with van der Waals surface area (Å²) in [5, 5.41) is 10.6. The van der Waals surface area contributed by atoms with Gasteiger partial charge in [0.2, 0.25) is 5.91 Å². The highest BCUT2D eigenvalue weighted by atomic mass is 16.5. The van der Waals surface area contributed by atoms with Crippen LogP contribution in [0.25, 0.3) is 0 Å². The topological polar surface area (TPSA) is 71.5 Å². The summed E-state index contributed by atoms with van der Waals surface area (Å²) in [4.78, 5) is 17.5. The van der Waals surface area contributed by atoms with Gasteiger partial charge in [-0.3, -0.25) is 9.69 Å². The van der Waals surface area contributed by atoms with Crippen molar-refractivity contribution in [2.45, 2.75) is 63.1 Å². The summed E-state index contributed by atoms with van der Waals surface area (Å²) < 4.78 is 18.3. The van der Waals surface area contributed by atoms with E-state index in [0.29, 0.717) is 32.7 Å². The first-order valence-corrected chi connectivity index (χ1v) is 14.4. The summed E-state index contributed by atoms with van der Waals surface area (Å²) in [6, 6.07) is 26.4. The van der Waals surface area contributed by atoms with Crippen LogP contribution in [0.3, 0.4) is 0 Å². The minimum absolute atomic E-state index is 0. The van der Waals surface area contributed by atoms with Gasteiger partial charge in [0.05, 0.1) is 37.9 Å². The van der Waals surface area contributed by atoms with Gasteiger partial charge >= 0.3 is 0 Å². The lowest BCUT2D eigenvalue weighted by atomic mass is 9.93. The summed E-state index contributed by atoms with van der Waals surface area (Å²) in [6.45, 7) is 3.36. The van der Waals surface area contributed by atoms with Crippen LogP contribution in [-0.2, 0) is 33.8 Å². The quantitative estimate of drug-likeness (QED) is 0.480. The number of benzene rings is 3. The fraction of sp³-hybridized carbons (Fsp3) is 0.424. The van der Waals surface area contributed by atoms with Crippen molar-refractivity contribution >= 4 is 5.91 Å². The fourth-order valence-electron chi connectivity index (χ4n) is 6.18. The maximum Gasteiger partial charge on any atom is 0.225 e. The average molecular weight is 545 g/mol. The van der Waals surface area contributed by atoms with Crippen molar-refractivity contribution in [2.75, 3.05) is 26.3 Å². The molecule has 0 aromatic heterocycles. The molecular weight excluding hydrogens is 504 g/mol. The van der Waals surface area contributed by atoms with Crippen LogP contribution in [0.5, 0.6) is 11.5 Å². The molecule has 2 fully saturated rings. The Kier molecular flexibility index (Phi) is 8.44. The molecule has 3 aliphatic rings. The van der Waals surface area contributed by atoms with Gasteiger partial charge in [0.1, 0.15) is 11.5 Å². The number of rotatable bonds is 6. The first kappa shape index (κ1) is 27.0. The van der Waals surface area contributed by atoms with Crippen molar-refractivity contribution in [3.8, 4) is 11.5 Å². The number of ether oxygens (including phenoxy) is 3. The van der Waals surface area contributed by atoms with E-state index in [9.17, 15) is 9.90 Å². The monoisotopic (exact) mass is 544 g/mol. The van der Waals surface area contributed by atoms with Crippen LogP contribution in [0.2, 0.25) is 0 Å². The molecule has 7 heteroatoms. The number of β-amino-alcohol motifs (C(OH)–C–C–N with tert-alkyl or cyclic N) is 1. The van der Waals surface area contributed by atoms with Crippen LogP contribution in [0.4, 0.5) is 0 Å². The largest absolute Gasteiger partial charge is 0.457 e. The number of aliphatic hydroxyl groups is 1. The summed E-state index contributed by atoms with van der Waals surface area (Å²) in [7, 11) is 0. The third-order valence-electron chi connectivity index (χ3n) is 8.26. The van der Waals surface area contributed by atoms with E-state index < -0.39 is 6.10 Å². The van der Waals surface area contributed by atoms with Gasteiger partial charge in [0, 0.05) is 33.6 Å². The highest BCUT2D eigenvalue weighted by Gasteiger charge is 2.38. The highest BCUT2D eigenvalue weighted by Crippen LogP contribution is 2.30. The number of hydrogen-bond acceptors (Lipinski definition) is 6. The Hall–Kier alpha value is -3.23. The number of hydrogen-bond donors (Lipinski definition) is 1. The Morgan fingerprint density at radius 3 is 2.50 bits per heavy atom. The molecule has 1 N–H and O–H groups in total. The summed E-state index contributed by atoms with van der Waals surface area (Å²) >= 11 is 0. The van der Waals surface area contributed by atoms with Gasteiger partial charge in [-0.05, 0) is 60.2 Å². The lowest BCUT2D eigenvalue weighted by molar-refractivity contribution is -0.161. The minimum atomic E-state index is -0.553. The van der Waals surface area contributed by atoms with Crippen LogP contribution < -0.4 is 4.74 Å². The van der Waals surface area contributed by atoms with Crippen molar-refractivity contribution in [3.05, 3.63) is 95.6 Å².